The van der Waals surface area contributed by atoms with Crippen LogP contribution in [0.1, 0.15) is 46.0 Å². The lowest BCUT2D eigenvalue weighted by molar-refractivity contribution is -0.129. The van der Waals surface area contributed by atoms with Crippen LogP contribution in [-0.2, 0) is 19.0 Å². The molecule has 0 aliphatic heterocycles. The smallest absolute Gasteiger partial charge is 0.355 e. The highest BCUT2D eigenvalue weighted by molar-refractivity contribution is 5.99. The fourth-order valence-electron chi connectivity index (χ4n) is 2.16. The van der Waals surface area contributed by atoms with E-state index >= 15 is 0 Å². The zero-order valence-corrected chi connectivity index (χ0v) is 14.6. The van der Waals surface area contributed by atoms with Crippen molar-refractivity contribution in [2.24, 2.45) is 0 Å². The van der Waals surface area contributed by atoms with Gasteiger partial charge in [-0.25, -0.2) is 9.59 Å². The molecule has 1 rings (SSSR count). The van der Waals surface area contributed by atoms with Gasteiger partial charge in [0.15, 0.2) is 6.10 Å². The van der Waals surface area contributed by atoms with Crippen molar-refractivity contribution in [3.05, 3.63) is 22.5 Å². The van der Waals surface area contributed by atoms with Crippen molar-refractivity contribution < 1.29 is 28.6 Å². The molecule has 0 saturated heterocycles. The lowest BCUT2D eigenvalue weighted by Gasteiger charge is -2.13. The molecule has 0 fully saturated rings. The first-order chi connectivity index (χ1) is 11.3. The van der Waals surface area contributed by atoms with E-state index in [0.717, 1.165) is 0 Å². The summed E-state index contributed by atoms with van der Waals surface area (Å²) in [6.45, 7) is 7.36. The fourth-order valence-corrected chi connectivity index (χ4v) is 2.16. The van der Waals surface area contributed by atoms with Crippen LogP contribution in [0, 0.1) is 13.8 Å². The number of amides is 1. The Morgan fingerprint density at radius 3 is 2.46 bits per heavy atom. The van der Waals surface area contributed by atoms with Crippen molar-refractivity contribution in [3.63, 3.8) is 0 Å². The van der Waals surface area contributed by atoms with Gasteiger partial charge in [0.2, 0.25) is 0 Å². The van der Waals surface area contributed by atoms with Crippen molar-refractivity contribution in [3.8, 4) is 0 Å². The number of H-pyrrole nitrogens is 1. The van der Waals surface area contributed by atoms with Gasteiger partial charge in [-0.05, 0) is 33.3 Å². The fraction of sp³-hybridized carbons (Fsp3) is 0.562. The summed E-state index contributed by atoms with van der Waals surface area (Å²) < 4.78 is 14.9. The molecule has 0 aromatic carbocycles. The van der Waals surface area contributed by atoms with Gasteiger partial charge in [0.25, 0.3) is 5.91 Å². The summed E-state index contributed by atoms with van der Waals surface area (Å²) in [5.41, 5.74) is 1.35. The zero-order valence-electron chi connectivity index (χ0n) is 14.6. The van der Waals surface area contributed by atoms with E-state index in [0.29, 0.717) is 24.4 Å². The van der Waals surface area contributed by atoms with E-state index in [1.807, 2.05) is 0 Å². The number of ether oxygens (including phenoxy) is 3. The SMILES string of the molecule is CCOC(=O)c1[nH]c(C)c(C(=O)O[C@H](C)C(=O)NCCOC)c1C. The number of nitrogens with one attached hydrogen (secondary N) is 2. The van der Waals surface area contributed by atoms with E-state index < -0.39 is 23.9 Å². The average Bonchev–Trinajstić information content (AvgIpc) is 2.82. The Kier molecular flexibility index (Phi) is 7.44. The van der Waals surface area contributed by atoms with Crippen molar-refractivity contribution in [2.75, 3.05) is 26.9 Å². The molecular formula is C16H24N2O6. The number of carbonyl (C=O) groups is 3. The molecule has 1 aromatic rings. The van der Waals surface area contributed by atoms with Crippen LogP contribution in [0.3, 0.4) is 0 Å². The van der Waals surface area contributed by atoms with E-state index in [1.54, 1.807) is 20.8 Å². The number of hydrogen-bond donors (Lipinski definition) is 2. The molecule has 0 saturated carbocycles. The quantitative estimate of drug-likeness (QED) is 0.542. The van der Waals surface area contributed by atoms with E-state index in [4.69, 9.17) is 14.2 Å². The van der Waals surface area contributed by atoms with Crippen molar-refractivity contribution in [2.45, 2.75) is 33.8 Å². The van der Waals surface area contributed by atoms with Gasteiger partial charge in [-0.3, -0.25) is 4.79 Å². The summed E-state index contributed by atoms with van der Waals surface area (Å²) in [4.78, 5) is 38.8. The Labute approximate surface area is 140 Å². The second-order valence-corrected chi connectivity index (χ2v) is 5.18. The molecule has 1 amide bonds. The maximum Gasteiger partial charge on any atom is 0.355 e. The molecule has 2 N–H and O–H groups in total. The third-order valence-corrected chi connectivity index (χ3v) is 3.38. The summed E-state index contributed by atoms with van der Waals surface area (Å²) in [5, 5.41) is 2.59. The minimum absolute atomic E-state index is 0.207. The number of rotatable bonds is 8. The lowest BCUT2D eigenvalue weighted by Crippen LogP contribution is -2.37. The lowest BCUT2D eigenvalue weighted by atomic mass is 10.1. The van der Waals surface area contributed by atoms with E-state index in [-0.39, 0.29) is 17.9 Å². The standard InChI is InChI=1S/C16H24N2O6/c1-6-23-16(21)13-9(2)12(10(3)18-13)15(20)24-11(4)14(19)17-7-8-22-5/h11,18H,6-8H2,1-5H3,(H,17,19)/t11-/m1/s1. The van der Waals surface area contributed by atoms with E-state index in [2.05, 4.69) is 10.3 Å². The summed E-state index contributed by atoms with van der Waals surface area (Å²) in [5.74, 6) is -1.63. The van der Waals surface area contributed by atoms with Gasteiger partial charge in [-0.1, -0.05) is 0 Å². The van der Waals surface area contributed by atoms with Crippen molar-refractivity contribution in [1.82, 2.24) is 10.3 Å². The van der Waals surface area contributed by atoms with Gasteiger partial charge in [0.1, 0.15) is 5.69 Å². The minimum Gasteiger partial charge on any atom is -0.461 e. The molecule has 0 aliphatic rings. The van der Waals surface area contributed by atoms with Gasteiger partial charge >= 0.3 is 11.9 Å². The molecule has 8 nitrogen and oxygen atoms in total. The van der Waals surface area contributed by atoms with E-state index in [9.17, 15) is 14.4 Å². The molecule has 0 unspecified atom stereocenters. The Morgan fingerprint density at radius 2 is 1.88 bits per heavy atom. The first-order valence-electron chi connectivity index (χ1n) is 7.67. The first-order valence-corrected chi connectivity index (χ1v) is 7.67. The largest absolute Gasteiger partial charge is 0.461 e. The molecule has 1 atom stereocenters. The van der Waals surface area contributed by atoms with Gasteiger partial charge < -0.3 is 24.5 Å². The molecular weight excluding hydrogens is 316 g/mol. The summed E-state index contributed by atoms with van der Waals surface area (Å²) in [6, 6.07) is 0. The molecule has 0 radical (unpaired) electrons. The van der Waals surface area contributed by atoms with Gasteiger partial charge in [-0.15, -0.1) is 0 Å². The summed E-state index contributed by atoms with van der Waals surface area (Å²) in [7, 11) is 1.52. The third kappa shape index (κ3) is 4.82. The van der Waals surface area contributed by atoms with Crippen LogP contribution in [0.15, 0.2) is 0 Å². The predicted molar refractivity (Wildman–Crippen MR) is 86.0 cm³/mol. The Morgan fingerprint density at radius 1 is 1.21 bits per heavy atom. The highest BCUT2D eigenvalue weighted by atomic mass is 16.5. The highest BCUT2D eigenvalue weighted by Crippen LogP contribution is 2.20. The number of methoxy groups -OCH3 is 1. The molecule has 0 spiro atoms. The zero-order chi connectivity index (χ0) is 18.3. The van der Waals surface area contributed by atoms with Crippen LogP contribution in [-0.4, -0.2) is 55.8 Å². The number of aryl methyl sites for hydroxylation is 1. The number of aromatic nitrogens is 1. The normalized spacial score (nSPS) is 11.7. The molecule has 1 aromatic heterocycles. The summed E-state index contributed by atoms with van der Waals surface area (Å²) in [6.07, 6.45) is -0.964. The molecule has 24 heavy (non-hydrogen) atoms. The van der Waals surface area contributed by atoms with Crippen LogP contribution in [0.4, 0.5) is 0 Å². The number of carbonyl (C=O) groups excluding carboxylic acids is 3. The Hall–Kier alpha value is -2.35. The highest BCUT2D eigenvalue weighted by Gasteiger charge is 2.26. The monoisotopic (exact) mass is 340 g/mol. The second-order valence-electron chi connectivity index (χ2n) is 5.18. The summed E-state index contributed by atoms with van der Waals surface area (Å²) >= 11 is 0. The van der Waals surface area contributed by atoms with Crippen LogP contribution < -0.4 is 5.32 Å². The van der Waals surface area contributed by atoms with E-state index in [1.165, 1.54) is 14.0 Å². The molecule has 134 valence electrons. The van der Waals surface area contributed by atoms with Crippen LogP contribution in [0.25, 0.3) is 0 Å². The molecule has 1 heterocycles. The Balaban J connectivity index is 2.81. The average molecular weight is 340 g/mol. The van der Waals surface area contributed by atoms with Crippen LogP contribution in [0.2, 0.25) is 0 Å². The van der Waals surface area contributed by atoms with Crippen molar-refractivity contribution >= 4 is 17.8 Å². The maximum atomic E-state index is 12.3. The van der Waals surface area contributed by atoms with Gasteiger partial charge in [-0.2, -0.15) is 0 Å². The topological polar surface area (TPSA) is 107 Å². The van der Waals surface area contributed by atoms with Gasteiger partial charge in [0, 0.05) is 19.3 Å². The van der Waals surface area contributed by atoms with Crippen molar-refractivity contribution in [1.29, 1.82) is 0 Å². The van der Waals surface area contributed by atoms with Gasteiger partial charge in [0.05, 0.1) is 18.8 Å². The number of hydrogen-bond acceptors (Lipinski definition) is 6. The number of aromatic amines is 1. The molecule has 8 heteroatoms. The Bertz CT molecular complexity index is 608. The molecule has 0 aliphatic carbocycles. The third-order valence-electron chi connectivity index (χ3n) is 3.38. The number of esters is 2. The minimum atomic E-state index is -0.964. The second kappa shape index (κ2) is 9.07. The van der Waals surface area contributed by atoms with Crippen LogP contribution in [0.5, 0.6) is 0 Å². The first kappa shape index (κ1) is 19.7. The van der Waals surface area contributed by atoms with Crippen LogP contribution >= 0.6 is 0 Å². The molecule has 0 bridgehead atoms. The predicted octanol–water partition coefficient (Wildman–Crippen LogP) is 1.12. The maximum absolute atomic E-state index is 12.3.